The van der Waals surface area contributed by atoms with Crippen molar-refractivity contribution in [2.75, 3.05) is 66.1 Å². The van der Waals surface area contributed by atoms with E-state index in [1.165, 1.54) is 21.3 Å². The van der Waals surface area contributed by atoms with E-state index in [4.69, 9.17) is 23.8 Å². The van der Waals surface area contributed by atoms with Crippen molar-refractivity contribution in [3.05, 3.63) is 47.5 Å². The highest BCUT2D eigenvalue weighted by Crippen LogP contribution is 2.38. The number of ether oxygens (including phenoxy) is 4. The van der Waals surface area contributed by atoms with Crippen LogP contribution < -0.4 is 19.5 Å². The summed E-state index contributed by atoms with van der Waals surface area (Å²) < 4.78 is 21.3. The second-order valence-electron chi connectivity index (χ2n) is 7.41. The Morgan fingerprint density at radius 2 is 1.64 bits per heavy atom. The van der Waals surface area contributed by atoms with Gasteiger partial charge in [0.1, 0.15) is 6.61 Å². The summed E-state index contributed by atoms with van der Waals surface area (Å²) in [6.07, 6.45) is 0. The van der Waals surface area contributed by atoms with Gasteiger partial charge in [-0.15, -0.1) is 0 Å². The minimum absolute atomic E-state index is 0.293. The smallest absolute Gasteiger partial charge is 0.255 e. The fraction of sp³-hybridized carbons (Fsp3) is 0.417. The molecule has 9 heteroatoms. The van der Waals surface area contributed by atoms with Gasteiger partial charge in [0.25, 0.3) is 5.91 Å². The van der Waals surface area contributed by atoms with E-state index in [0.29, 0.717) is 35.1 Å². The molecule has 3 rings (SSSR count). The van der Waals surface area contributed by atoms with Crippen molar-refractivity contribution in [1.29, 1.82) is 0 Å². The standard InChI is InChI=1S/C24H31N3O6/c1-17(26-33-14-11-27-9-12-32-13-10-27)18-5-7-20(8-6-18)25-24(28)19-15-21(29-2)23(31-4)22(16-19)30-3/h5-8,15-16H,9-14H2,1-4H3,(H,25,28)/b26-17+. The van der Waals surface area contributed by atoms with Gasteiger partial charge in [0.2, 0.25) is 5.75 Å². The summed E-state index contributed by atoms with van der Waals surface area (Å²) in [5, 5.41) is 7.08. The Hall–Kier alpha value is -3.30. The number of carbonyl (C=O) groups is 1. The number of oxime groups is 1. The summed E-state index contributed by atoms with van der Waals surface area (Å²) >= 11 is 0. The highest BCUT2D eigenvalue weighted by Gasteiger charge is 2.17. The van der Waals surface area contributed by atoms with Crippen LogP contribution in [0.2, 0.25) is 0 Å². The van der Waals surface area contributed by atoms with Crippen molar-refractivity contribution in [1.82, 2.24) is 4.90 Å². The lowest BCUT2D eigenvalue weighted by Crippen LogP contribution is -2.38. The molecule has 33 heavy (non-hydrogen) atoms. The van der Waals surface area contributed by atoms with Gasteiger partial charge >= 0.3 is 0 Å². The molecule has 1 amide bonds. The number of nitrogens with one attached hydrogen (secondary N) is 1. The van der Waals surface area contributed by atoms with Crippen LogP contribution in [0.1, 0.15) is 22.8 Å². The first-order valence-electron chi connectivity index (χ1n) is 10.7. The van der Waals surface area contributed by atoms with Crippen LogP contribution >= 0.6 is 0 Å². The fourth-order valence-corrected chi connectivity index (χ4v) is 3.40. The molecule has 1 heterocycles. The maximum absolute atomic E-state index is 12.8. The molecule has 2 aromatic rings. The summed E-state index contributed by atoms with van der Waals surface area (Å²) in [6.45, 7) is 6.63. The lowest BCUT2D eigenvalue weighted by Gasteiger charge is -2.25. The molecule has 1 aliphatic rings. The van der Waals surface area contributed by atoms with Crippen molar-refractivity contribution in [2.24, 2.45) is 5.16 Å². The van der Waals surface area contributed by atoms with Crippen molar-refractivity contribution in [3.8, 4) is 17.2 Å². The number of methoxy groups -OCH3 is 3. The fourth-order valence-electron chi connectivity index (χ4n) is 3.40. The average Bonchev–Trinajstić information content (AvgIpc) is 2.86. The highest BCUT2D eigenvalue weighted by atomic mass is 16.6. The lowest BCUT2D eigenvalue weighted by atomic mass is 10.1. The summed E-state index contributed by atoms with van der Waals surface area (Å²) in [5.41, 5.74) is 2.71. The Labute approximate surface area is 194 Å². The van der Waals surface area contributed by atoms with Gasteiger partial charge in [-0.2, -0.15) is 0 Å². The predicted octanol–water partition coefficient (Wildman–Crippen LogP) is 3.04. The number of hydrogen-bond donors (Lipinski definition) is 1. The van der Waals surface area contributed by atoms with E-state index >= 15 is 0 Å². The number of anilines is 1. The van der Waals surface area contributed by atoms with Gasteiger partial charge < -0.3 is 29.1 Å². The second kappa shape index (κ2) is 12.1. The van der Waals surface area contributed by atoms with Crippen molar-refractivity contribution < 1.29 is 28.6 Å². The highest BCUT2D eigenvalue weighted by molar-refractivity contribution is 6.05. The van der Waals surface area contributed by atoms with Crippen LogP contribution in [0, 0.1) is 0 Å². The topological polar surface area (TPSA) is 90.9 Å². The van der Waals surface area contributed by atoms with Gasteiger partial charge in [0.15, 0.2) is 11.5 Å². The molecule has 1 aliphatic heterocycles. The molecule has 0 radical (unpaired) electrons. The number of rotatable bonds is 10. The van der Waals surface area contributed by atoms with E-state index in [-0.39, 0.29) is 5.91 Å². The van der Waals surface area contributed by atoms with Crippen LogP contribution in [0.5, 0.6) is 17.2 Å². The first kappa shape index (κ1) is 24.3. The number of amides is 1. The molecular weight excluding hydrogens is 426 g/mol. The Morgan fingerprint density at radius 3 is 2.21 bits per heavy atom. The van der Waals surface area contributed by atoms with Crippen LogP contribution in [0.3, 0.4) is 0 Å². The third-order valence-corrected chi connectivity index (χ3v) is 5.29. The molecule has 1 N–H and O–H groups in total. The predicted molar refractivity (Wildman–Crippen MR) is 126 cm³/mol. The zero-order chi connectivity index (χ0) is 23.6. The molecule has 1 saturated heterocycles. The molecule has 2 aromatic carbocycles. The number of hydrogen-bond acceptors (Lipinski definition) is 8. The van der Waals surface area contributed by atoms with E-state index < -0.39 is 0 Å². The Morgan fingerprint density at radius 1 is 1.00 bits per heavy atom. The minimum Gasteiger partial charge on any atom is -0.493 e. The van der Waals surface area contributed by atoms with E-state index in [2.05, 4.69) is 15.4 Å². The Bertz CT molecular complexity index is 930. The number of benzene rings is 2. The zero-order valence-electron chi connectivity index (χ0n) is 19.6. The third kappa shape index (κ3) is 6.59. The normalized spacial score (nSPS) is 14.5. The van der Waals surface area contributed by atoms with Gasteiger partial charge in [0.05, 0.1) is 40.3 Å². The van der Waals surface area contributed by atoms with Crippen LogP contribution in [0.15, 0.2) is 41.6 Å². The van der Waals surface area contributed by atoms with Gasteiger partial charge in [-0.1, -0.05) is 17.3 Å². The quantitative estimate of drug-likeness (QED) is 0.333. The summed E-state index contributed by atoms with van der Waals surface area (Å²) in [7, 11) is 4.53. The zero-order valence-corrected chi connectivity index (χ0v) is 19.6. The largest absolute Gasteiger partial charge is 0.493 e. The number of morpholine rings is 1. The Balaban J connectivity index is 1.58. The molecule has 0 unspecified atom stereocenters. The van der Waals surface area contributed by atoms with Gasteiger partial charge in [-0.3, -0.25) is 9.69 Å². The average molecular weight is 458 g/mol. The van der Waals surface area contributed by atoms with Crippen molar-refractivity contribution >= 4 is 17.3 Å². The molecule has 1 fully saturated rings. The maximum Gasteiger partial charge on any atom is 0.255 e. The maximum atomic E-state index is 12.8. The van der Waals surface area contributed by atoms with Crippen LogP contribution in [0.4, 0.5) is 5.69 Å². The summed E-state index contributed by atoms with van der Waals surface area (Å²) in [4.78, 5) is 20.5. The van der Waals surface area contributed by atoms with Crippen molar-refractivity contribution in [2.45, 2.75) is 6.92 Å². The van der Waals surface area contributed by atoms with Gasteiger partial charge in [-0.25, -0.2) is 0 Å². The monoisotopic (exact) mass is 457 g/mol. The SMILES string of the molecule is COc1cc(C(=O)Nc2ccc(/C(C)=N/OCCN3CCOCC3)cc2)cc(OC)c1OC. The third-order valence-electron chi connectivity index (χ3n) is 5.29. The molecular formula is C24H31N3O6. The first-order valence-corrected chi connectivity index (χ1v) is 10.7. The van der Waals surface area contributed by atoms with Crippen LogP contribution in [-0.4, -0.2) is 77.3 Å². The Kier molecular flexibility index (Phi) is 8.91. The summed E-state index contributed by atoms with van der Waals surface area (Å²) in [5.74, 6) is 0.970. The van der Waals surface area contributed by atoms with Gasteiger partial charge in [0, 0.05) is 30.9 Å². The molecule has 9 nitrogen and oxygen atoms in total. The molecule has 0 bridgehead atoms. The first-order chi connectivity index (χ1) is 16.0. The molecule has 178 valence electrons. The van der Waals surface area contributed by atoms with Gasteiger partial charge in [-0.05, 0) is 36.8 Å². The van der Waals surface area contributed by atoms with E-state index in [1.54, 1.807) is 12.1 Å². The van der Waals surface area contributed by atoms with Crippen molar-refractivity contribution in [3.63, 3.8) is 0 Å². The summed E-state index contributed by atoms with van der Waals surface area (Å²) in [6, 6.07) is 10.6. The van der Waals surface area contributed by atoms with Crippen LogP contribution in [0.25, 0.3) is 0 Å². The molecule has 0 spiro atoms. The van der Waals surface area contributed by atoms with E-state index in [1.807, 2.05) is 31.2 Å². The van der Waals surface area contributed by atoms with Crippen LogP contribution in [-0.2, 0) is 9.57 Å². The number of carbonyl (C=O) groups excluding carboxylic acids is 1. The van der Waals surface area contributed by atoms with E-state index in [9.17, 15) is 4.79 Å². The lowest BCUT2D eigenvalue weighted by molar-refractivity contribution is 0.0212. The molecule has 0 saturated carbocycles. The second-order valence-corrected chi connectivity index (χ2v) is 7.41. The molecule has 0 aliphatic carbocycles. The number of nitrogens with zero attached hydrogens (tertiary/aromatic N) is 2. The van der Waals surface area contributed by atoms with E-state index in [0.717, 1.165) is 44.1 Å². The molecule has 0 aromatic heterocycles. The molecule has 0 atom stereocenters. The minimum atomic E-state index is -0.293.